The number of rotatable bonds is 48. The van der Waals surface area contributed by atoms with Crippen LogP contribution in [0.3, 0.4) is 0 Å². The highest BCUT2D eigenvalue weighted by Crippen LogP contribution is 2.26. The highest BCUT2D eigenvalue weighted by atomic mass is 32.3. The first-order chi connectivity index (χ1) is 33.1. The van der Waals surface area contributed by atoms with E-state index >= 15 is 0 Å². The fourth-order valence-corrected chi connectivity index (χ4v) is 8.77. The van der Waals surface area contributed by atoms with Gasteiger partial charge in [0.2, 0.25) is 0 Å². The van der Waals surface area contributed by atoms with Crippen LogP contribution in [0.15, 0.2) is 48.6 Å². The monoisotopic (exact) mass is 985 g/mol. The lowest BCUT2D eigenvalue weighted by molar-refractivity contribution is -0.301. The Labute approximate surface area is 415 Å². The third kappa shape index (κ3) is 38.8. The van der Waals surface area contributed by atoms with E-state index in [1.54, 1.807) is 0 Å². The average Bonchev–Trinajstić information content (AvgIpc) is 3.31. The molecule has 1 aliphatic heterocycles. The van der Waals surface area contributed by atoms with Crippen LogP contribution >= 0.6 is 0 Å². The molecule has 0 saturated carbocycles. The molecule has 398 valence electrons. The number of ether oxygens (including phenoxy) is 4. The second kappa shape index (κ2) is 46.2. The van der Waals surface area contributed by atoms with E-state index < -0.39 is 59.8 Å². The largest absolute Gasteiger partial charge is 0.457 e. The van der Waals surface area contributed by atoms with E-state index in [4.69, 9.17) is 18.9 Å². The van der Waals surface area contributed by atoms with Crippen LogP contribution in [0.2, 0.25) is 0 Å². The summed E-state index contributed by atoms with van der Waals surface area (Å²) in [5.41, 5.74) is 0. The van der Waals surface area contributed by atoms with Crippen molar-refractivity contribution >= 4 is 16.4 Å². The van der Waals surface area contributed by atoms with Crippen molar-refractivity contribution in [3.8, 4) is 0 Å². The maximum atomic E-state index is 12.9. The van der Waals surface area contributed by atoms with E-state index in [-0.39, 0.29) is 19.6 Å². The van der Waals surface area contributed by atoms with Crippen LogP contribution in [-0.4, -0.2) is 97.5 Å². The van der Waals surface area contributed by atoms with Crippen LogP contribution in [0, 0.1) is 0 Å². The molecule has 6 unspecified atom stereocenters. The van der Waals surface area contributed by atoms with E-state index in [1.807, 2.05) is 0 Å². The number of carbonyl (C=O) groups excluding carboxylic acids is 1. The average molecular weight is 985 g/mol. The van der Waals surface area contributed by atoms with E-state index in [2.05, 4.69) is 66.6 Å². The predicted octanol–water partition coefficient (Wildman–Crippen LogP) is 13.1. The summed E-state index contributed by atoms with van der Waals surface area (Å²) in [6, 6.07) is 0. The minimum atomic E-state index is -5.07. The van der Waals surface area contributed by atoms with Crippen molar-refractivity contribution in [2.24, 2.45) is 0 Å². The first kappa shape index (κ1) is 64.1. The van der Waals surface area contributed by atoms with Gasteiger partial charge in [0, 0.05) is 13.0 Å². The Morgan fingerprint density at radius 1 is 0.559 bits per heavy atom. The van der Waals surface area contributed by atoms with Gasteiger partial charge in [-0.1, -0.05) is 197 Å². The number of allylic oxidation sites excluding steroid dienone is 8. The summed E-state index contributed by atoms with van der Waals surface area (Å²) in [5, 5.41) is 30.8. The van der Waals surface area contributed by atoms with Crippen LogP contribution in [-0.2, 0) is 38.3 Å². The van der Waals surface area contributed by atoms with Gasteiger partial charge in [-0.25, -0.2) is 4.18 Å². The van der Waals surface area contributed by atoms with Gasteiger partial charge in [-0.3, -0.25) is 9.35 Å². The van der Waals surface area contributed by atoms with Gasteiger partial charge >= 0.3 is 16.4 Å². The smallest absolute Gasteiger partial charge is 0.397 e. The van der Waals surface area contributed by atoms with E-state index in [0.29, 0.717) is 13.0 Å². The highest BCUT2D eigenvalue weighted by Gasteiger charge is 2.48. The molecule has 6 atom stereocenters. The lowest BCUT2D eigenvalue weighted by Crippen LogP contribution is -2.60. The predicted molar refractivity (Wildman–Crippen MR) is 276 cm³/mol. The SMILES string of the molecule is CCCCC/C=C\C/C=C\C/C=C\CCCCCCCCC(=O)OC(COCCCCCCCCCCCC/C=C\CCCCCCCCCC)COC1OC(CO)C(O)C(OS(=O)(=O)O)C1O. The normalized spacial score (nSPS) is 19.6. The van der Waals surface area contributed by atoms with Gasteiger partial charge in [0.15, 0.2) is 6.29 Å². The molecule has 4 N–H and O–H groups in total. The zero-order chi connectivity index (χ0) is 49.6. The van der Waals surface area contributed by atoms with Crippen molar-refractivity contribution in [2.75, 3.05) is 26.4 Å². The van der Waals surface area contributed by atoms with E-state index in [1.165, 1.54) is 135 Å². The van der Waals surface area contributed by atoms with Gasteiger partial charge < -0.3 is 34.3 Å². The molecule has 13 heteroatoms. The van der Waals surface area contributed by atoms with Gasteiger partial charge in [0.05, 0.1) is 19.8 Å². The summed E-state index contributed by atoms with van der Waals surface area (Å²) in [6.45, 7) is 3.97. The Hall–Kier alpha value is -1.94. The molecule has 68 heavy (non-hydrogen) atoms. The molecular formula is C55H100O12S. The Balaban J connectivity index is 2.34. The molecular weight excluding hydrogens is 885 g/mol. The molecule has 1 heterocycles. The number of carbonyl (C=O) groups is 1. The summed E-state index contributed by atoms with van der Waals surface area (Å²) in [6.07, 6.45) is 48.5. The molecule has 1 rings (SSSR count). The van der Waals surface area contributed by atoms with Gasteiger partial charge in [0.1, 0.15) is 30.5 Å². The van der Waals surface area contributed by atoms with Crippen molar-refractivity contribution in [1.82, 2.24) is 0 Å². The molecule has 0 aromatic carbocycles. The minimum Gasteiger partial charge on any atom is -0.457 e. The van der Waals surface area contributed by atoms with Crippen LogP contribution in [0.4, 0.5) is 0 Å². The number of esters is 1. The van der Waals surface area contributed by atoms with Gasteiger partial charge in [-0.2, -0.15) is 8.42 Å². The van der Waals surface area contributed by atoms with Crippen molar-refractivity contribution in [3.63, 3.8) is 0 Å². The molecule has 1 saturated heterocycles. The van der Waals surface area contributed by atoms with Crippen LogP contribution in [0.1, 0.15) is 232 Å². The summed E-state index contributed by atoms with van der Waals surface area (Å²) in [5.74, 6) is -0.410. The molecule has 0 spiro atoms. The van der Waals surface area contributed by atoms with Gasteiger partial charge in [-0.05, 0) is 77.0 Å². The first-order valence-corrected chi connectivity index (χ1v) is 28.8. The third-order valence-electron chi connectivity index (χ3n) is 12.4. The minimum absolute atomic E-state index is 0.0296. The van der Waals surface area contributed by atoms with Gasteiger partial charge in [0.25, 0.3) is 0 Å². The van der Waals surface area contributed by atoms with Gasteiger partial charge in [-0.15, -0.1) is 0 Å². The fraction of sp³-hybridized carbons (Fsp3) is 0.836. The Bertz CT molecular complexity index is 1370. The summed E-state index contributed by atoms with van der Waals surface area (Å²) < 4.78 is 59.3. The van der Waals surface area contributed by atoms with E-state index in [0.717, 1.165) is 70.6 Å². The highest BCUT2D eigenvalue weighted by molar-refractivity contribution is 7.80. The zero-order valence-electron chi connectivity index (χ0n) is 42.9. The number of aliphatic hydroxyl groups is 3. The summed E-state index contributed by atoms with van der Waals surface area (Å²) in [7, 11) is -5.07. The Morgan fingerprint density at radius 2 is 0.971 bits per heavy atom. The lowest BCUT2D eigenvalue weighted by Gasteiger charge is -2.41. The third-order valence-corrected chi connectivity index (χ3v) is 12.9. The number of aliphatic hydroxyl groups excluding tert-OH is 3. The summed E-state index contributed by atoms with van der Waals surface area (Å²) in [4.78, 5) is 12.9. The lowest BCUT2D eigenvalue weighted by atomic mass is 9.99. The second-order valence-corrected chi connectivity index (χ2v) is 19.9. The van der Waals surface area contributed by atoms with Crippen molar-refractivity contribution in [3.05, 3.63) is 48.6 Å². The molecule has 0 aromatic heterocycles. The zero-order valence-corrected chi connectivity index (χ0v) is 43.7. The quantitative estimate of drug-likeness (QED) is 0.0197. The maximum absolute atomic E-state index is 12.9. The maximum Gasteiger partial charge on any atom is 0.397 e. The van der Waals surface area contributed by atoms with Crippen molar-refractivity contribution in [2.45, 2.75) is 269 Å². The molecule has 0 amide bonds. The summed E-state index contributed by atoms with van der Waals surface area (Å²) >= 11 is 0. The molecule has 0 radical (unpaired) electrons. The number of unbranched alkanes of at least 4 members (excludes halogenated alkanes) is 27. The fourth-order valence-electron chi connectivity index (χ4n) is 8.26. The topological polar surface area (TPSA) is 178 Å². The molecule has 1 aliphatic rings. The van der Waals surface area contributed by atoms with E-state index in [9.17, 15) is 33.1 Å². The number of hydrogen-bond donors (Lipinski definition) is 4. The number of hydrogen-bond acceptors (Lipinski definition) is 11. The molecule has 1 fully saturated rings. The first-order valence-electron chi connectivity index (χ1n) is 27.4. The Kier molecular flexibility index (Phi) is 43.5. The second-order valence-electron chi connectivity index (χ2n) is 18.8. The van der Waals surface area contributed by atoms with Crippen molar-refractivity contribution in [1.29, 1.82) is 0 Å². The molecule has 0 bridgehead atoms. The van der Waals surface area contributed by atoms with Crippen LogP contribution in [0.5, 0.6) is 0 Å². The molecule has 0 aliphatic carbocycles. The van der Waals surface area contributed by atoms with Crippen LogP contribution < -0.4 is 0 Å². The molecule has 0 aromatic rings. The molecule has 12 nitrogen and oxygen atoms in total. The van der Waals surface area contributed by atoms with Crippen molar-refractivity contribution < 1.29 is 56.2 Å². The Morgan fingerprint density at radius 3 is 1.46 bits per heavy atom. The van der Waals surface area contributed by atoms with Crippen LogP contribution in [0.25, 0.3) is 0 Å². The standard InChI is InChI=1S/C55H100O12S/c1-3-5-7-9-11-13-15-17-19-21-23-24-25-27-29-31-33-35-37-39-41-43-45-63-47-49(48-64-55-53(59)54(67-68(60,61)62)52(58)50(46-56)66-55)65-51(57)44-42-40-38-36-34-32-30-28-26-22-20-18-16-14-12-10-8-6-4-2/h12,14,18,20-21,23,26,28,49-50,52-56,58-59H,3-11,13,15-17,19,22,24-25,27,29-48H2,1-2H3,(H,60,61,62)/b14-12-,20-18-,23-21-,28-26-.